The number of nitrogens with zero attached hydrogens (tertiary/aromatic N) is 1. The molecular formula is C15H25N3O2S. The van der Waals surface area contributed by atoms with E-state index in [-0.39, 0.29) is 4.90 Å². The second kappa shape index (κ2) is 6.23. The van der Waals surface area contributed by atoms with E-state index in [2.05, 4.69) is 18.7 Å². The highest BCUT2D eigenvalue weighted by Gasteiger charge is 2.25. The molecule has 0 amide bonds. The summed E-state index contributed by atoms with van der Waals surface area (Å²) in [7, 11) is -3.71. The molecular weight excluding hydrogens is 286 g/mol. The van der Waals surface area contributed by atoms with Gasteiger partial charge in [0.15, 0.2) is 0 Å². The van der Waals surface area contributed by atoms with E-state index in [0.29, 0.717) is 17.6 Å². The van der Waals surface area contributed by atoms with Crippen molar-refractivity contribution in [2.45, 2.75) is 50.5 Å². The van der Waals surface area contributed by atoms with Crippen LogP contribution in [0.2, 0.25) is 0 Å². The Morgan fingerprint density at radius 2 is 1.90 bits per heavy atom. The Labute approximate surface area is 127 Å². The normalized spacial score (nSPS) is 16.6. The van der Waals surface area contributed by atoms with E-state index in [1.165, 1.54) is 31.7 Å². The van der Waals surface area contributed by atoms with Gasteiger partial charge in [0, 0.05) is 12.6 Å². The van der Waals surface area contributed by atoms with Gasteiger partial charge in [0.1, 0.15) is 0 Å². The highest BCUT2D eigenvalue weighted by atomic mass is 32.2. The molecule has 0 radical (unpaired) electrons. The average molecular weight is 311 g/mol. The second-order valence-electron chi connectivity index (χ2n) is 6.25. The number of primary sulfonamides is 1. The summed E-state index contributed by atoms with van der Waals surface area (Å²) in [5.74, 6) is 0.517. The van der Waals surface area contributed by atoms with Crippen molar-refractivity contribution in [1.82, 2.24) is 0 Å². The molecule has 0 spiro atoms. The van der Waals surface area contributed by atoms with Gasteiger partial charge in [0.05, 0.1) is 16.3 Å². The van der Waals surface area contributed by atoms with Crippen LogP contribution < -0.4 is 15.8 Å². The van der Waals surface area contributed by atoms with Gasteiger partial charge in [-0.1, -0.05) is 26.7 Å². The molecule has 0 bridgehead atoms. The first kappa shape index (κ1) is 16.1. The van der Waals surface area contributed by atoms with Gasteiger partial charge in [-0.05, 0) is 37.0 Å². The van der Waals surface area contributed by atoms with E-state index in [1.54, 1.807) is 12.1 Å². The Hall–Kier alpha value is -1.27. The summed E-state index contributed by atoms with van der Waals surface area (Å²) in [6, 6.07) is 5.29. The van der Waals surface area contributed by atoms with Gasteiger partial charge in [-0.3, -0.25) is 0 Å². The summed E-state index contributed by atoms with van der Waals surface area (Å²) in [5.41, 5.74) is 7.50. The van der Waals surface area contributed by atoms with Crippen molar-refractivity contribution in [2.24, 2.45) is 11.1 Å². The third-order valence-corrected chi connectivity index (χ3v) is 4.88. The van der Waals surface area contributed by atoms with E-state index in [0.717, 1.165) is 12.2 Å². The number of benzene rings is 1. The van der Waals surface area contributed by atoms with Crippen molar-refractivity contribution in [2.75, 3.05) is 17.2 Å². The lowest BCUT2D eigenvalue weighted by molar-refractivity contribution is 0.536. The van der Waals surface area contributed by atoms with Crippen molar-refractivity contribution in [3.8, 4) is 0 Å². The number of hydrogen-bond acceptors (Lipinski definition) is 4. The van der Waals surface area contributed by atoms with Gasteiger partial charge in [-0.25, -0.2) is 13.6 Å². The highest BCUT2D eigenvalue weighted by Crippen LogP contribution is 2.33. The predicted octanol–water partition coefficient (Wildman–Crippen LogP) is 2.32. The molecule has 1 aliphatic rings. The minimum absolute atomic E-state index is 0.0691. The quantitative estimate of drug-likeness (QED) is 0.817. The van der Waals surface area contributed by atoms with Gasteiger partial charge in [0.2, 0.25) is 10.0 Å². The maximum absolute atomic E-state index is 11.4. The molecule has 5 nitrogen and oxygen atoms in total. The fourth-order valence-corrected chi connectivity index (χ4v) is 3.57. The van der Waals surface area contributed by atoms with E-state index in [1.807, 2.05) is 0 Å². The van der Waals surface area contributed by atoms with Gasteiger partial charge < -0.3 is 10.6 Å². The minimum atomic E-state index is -3.71. The van der Waals surface area contributed by atoms with Crippen molar-refractivity contribution in [3.63, 3.8) is 0 Å². The summed E-state index contributed by atoms with van der Waals surface area (Å²) in [6.45, 7) is 5.28. The molecule has 21 heavy (non-hydrogen) atoms. The number of sulfonamides is 1. The largest absolute Gasteiger partial charge is 0.397 e. The van der Waals surface area contributed by atoms with Crippen LogP contribution in [0.5, 0.6) is 0 Å². The zero-order chi connectivity index (χ0) is 15.6. The lowest BCUT2D eigenvalue weighted by atomic mass is 10.1. The monoisotopic (exact) mass is 311 g/mol. The zero-order valence-corrected chi connectivity index (χ0v) is 13.6. The first-order chi connectivity index (χ1) is 9.79. The topological polar surface area (TPSA) is 89.4 Å². The maximum atomic E-state index is 11.4. The molecule has 0 heterocycles. The van der Waals surface area contributed by atoms with Crippen LogP contribution in [0.25, 0.3) is 0 Å². The maximum Gasteiger partial charge on any atom is 0.238 e. The lowest BCUT2D eigenvalue weighted by Crippen LogP contribution is -2.36. The molecule has 1 aromatic carbocycles. The first-order valence-electron chi connectivity index (χ1n) is 7.48. The average Bonchev–Trinajstić information content (AvgIpc) is 2.88. The highest BCUT2D eigenvalue weighted by molar-refractivity contribution is 7.89. The van der Waals surface area contributed by atoms with Gasteiger partial charge in [0.25, 0.3) is 0 Å². The molecule has 4 N–H and O–H groups in total. The molecule has 6 heteroatoms. The SMILES string of the molecule is CC(C)CN(c1ccc(S(N)(=O)=O)cc1N)C1CCCC1. The van der Waals surface area contributed by atoms with Crippen LogP contribution in [0.3, 0.4) is 0 Å². The third-order valence-electron chi connectivity index (χ3n) is 3.96. The molecule has 0 aromatic heterocycles. The molecule has 0 unspecified atom stereocenters. The van der Waals surface area contributed by atoms with Gasteiger partial charge in [-0.2, -0.15) is 0 Å². The van der Waals surface area contributed by atoms with Crippen LogP contribution in [0.1, 0.15) is 39.5 Å². The summed E-state index contributed by atoms with van der Waals surface area (Å²) >= 11 is 0. The predicted molar refractivity (Wildman–Crippen MR) is 86.7 cm³/mol. The third kappa shape index (κ3) is 3.89. The van der Waals surface area contributed by atoms with Crippen LogP contribution in [0.15, 0.2) is 23.1 Å². The van der Waals surface area contributed by atoms with E-state index in [4.69, 9.17) is 10.9 Å². The van der Waals surface area contributed by atoms with Crippen molar-refractivity contribution < 1.29 is 8.42 Å². The standard InChI is InChI=1S/C15H25N3O2S/c1-11(2)10-18(12-5-3-4-6-12)15-8-7-13(9-14(15)16)21(17,19)20/h7-9,11-12H,3-6,10,16H2,1-2H3,(H2,17,19,20). The fraction of sp³-hybridized carbons (Fsp3) is 0.600. The summed E-state index contributed by atoms with van der Waals surface area (Å²) < 4.78 is 22.8. The molecule has 0 saturated heterocycles. The molecule has 1 fully saturated rings. The van der Waals surface area contributed by atoms with E-state index in [9.17, 15) is 8.42 Å². The van der Waals surface area contributed by atoms with Crippen LogP contribution in [0.4, 0.5) is 11.4 Å². The van der Waals surface area contributed by atoms with Crippen LogP contribution in [-0.2, 0) is 10.0 Å². The summed E-state index contributed by atoms with van der Waals surface area (Å²) in [4.78, 5) is 2.40. The zero-order valence-electron chi connectivity index (χ0n) is 12.7. The first-order valence-corrected chi connectivity index (χ1v) is 9.02. The molecule has 0 aliphatic heterocycles. The Kier molecular flexibility index (Phi) is 4.78. The van der Waals surface area contributed by atoms with Crippen molar-refractivity contribution in [3.05, 3.63) is 18.2 Å². The number of anilines is 2. The Bertz CT molecular complexity index is 593. The molecule has 1 aliphatic carbocycles. The number of rotatable bonds is 5. The van der Waals surface area contributed by atoms with Crippen molar-refractivity contribution in [1.29, 1.82) is 0 Å². The molecule has 2 rings (SSSR count). The number of nitrogen functional groups attached to an aromatic ring is 1. The Morgan fingerprint density at radius 3 is 2.38 bits per heavy atom. The Morgan fingerprint density at radius 1 is 1.29 bits per heavy atom. The van der Waals surface area contributed by atoms with Crippen LogP contribution >= 0.6 is 0 Å². The smallest absolute Gasteiger partial charge is 0.238 e. The number of hydrogen-bond donors (Lipinski definition) is 2. The van der Waals surface area contributed by atoms with Crippen LogP contribution in [0, 0.1) is 5.92 Å². The van der Waals surface area contributed by atoms with Crippen molar-refractivity contribution >= 4 is 21.4 Å². The van der Waals surface area contributed by atoms with Gasteiger partial charge in [-0.15, -0.1) is 0 Å². The van der Waals surface area contributed by atoms with Crippen LogP contribution in [-0.4, -0.2) is 21.0 Å². The summed E-state index contributed by atoms with van der Waals surface area (Å²) in [5, 5.41) is 5.16. The van der Waals surface area contributed by atoms with E-state index >= 15 is 0 Å². The fourth-order valence-electron chi connectivity index (χ4n) is 3.02. The number of nitrogens with two attached hydrogens (primary N) is 2. The molecule has 1 aromatic rings. The van der Waals surface area contributed by atoms with Gasteiger partial charge >= 0.3 is 0 Å². The van der Waals surface area contributed by atoms with E-state index < -0.39 is 10.0 Å². The molecule has 1 saturated carbocycles. The lowest BCUT2D eigenvalue weighted by Gasteiger charge is -2.33. The molecule has 118 valence electrons. The second-order valence-corrected chi connectivity index (χ2v) is 7.81. The summed E-state index contributed by atoms with van der Waals surface area (Å²) in [6.07, 6.45) is 4.83. The molecule has 0 atom stereocenters. The minimum Gasteiger partial charge on any atom is -0.397 e. The Balaban J connectivity index is 2.35.